The number of amides is 1. The molecule has 1 heterocycles. The van der Waals surface area contributed by atoms with E-state index in [1.165, 1.54) is 23.9 Å². The summed E-state index contributed by atoms with van der Waals surface area (Å²) in [6, 6.07) is 11.3. The molecule has 1 unspecified atom stereocenters. The Bertz CT molecular complexity index is 1560. The minimum atomic E-state index is -4.17. The number of sulfonamides is 1. The SMILES string of the molecule is O=C(O)CC(NC(=O)c1ccc(CNS(=O)(=O)c2ccc(O)c(C(=O)O)c2)nc1)C(=O)CSCc1ccccc1Cl. The van der Waals surface area contributed by atoms with Crippen molar-refractivity contribution in [3.05, 3.63) is 88.2 Å². The molecule has 0 aliphatic carbocycles. The number of nitrogens with one attached hydrogen (secondary N) is 2. The first kappa shape index (κ1) is 31.5. The number of benzene rings is 2. The van der Waals surface area contributed by atoms with Crippen molar-refractivity contribution in [3.8, 4) is 5.75 Å². The Morgan fingerprint density at radius 3 is 2.39 bits per heavy atom. The van der Waals surface area contributed by atoms with E-state index in [1.54, 1.807) is 24.3 Å². The molecule has 5 N–H and O–H groups in total. The number of hydrogen-bond acceptors (Lipinski definition) is 9. The number of Topliss-reactive ketones (excluding diaryl/α,β-unsaturated/α-hetero) is 1. The van der Waals surface area contributed by atoms with Gasteiger partial charge in [0.2, 0.25) is 10.0 Å². The largest absolute Gasteiger partial charge is 0.507 e. The standard InChI is InChI=1S/C26H24ClN3O9S2/c27-20-4-2-1-3-16(20)13-40-14-23(32)21(10-24(33)34)30-25(35)15-5-6-17(28-11-15)12-29-41(38,39)18-7-8-22(31)19(9-18)26(36)37/h1-9,11,21,29,31H,10,12-14H2,(H,30,35)(H,33,34)(H,36,37). The number of aromatic carboxylic acids is 1. The second-order valence-electron chi connectivity index (χ2n) is 8.52. The molecular weight excluding hydrogens is 598 g/mol. The van der Waals surface area contributed by atoms with Crippen LogP contribution in [-0.4, -0.2) is 64.1 Å². The molecule has 0 aliphatic rings. The number of carboxylic acids is 2. The van der Waals surface area contributed by atoms with Gasteiger partial charge in [0.15, 0.2) is 5.78 Å². The van der Waals surface area contributed by atoms with Crippen molar-refractivity contribution in [2.24, 2.45) is 0 Å². The number of rotatable bonds is 14. The minimum Gasteiger partial charge on any atom is -0.507 e. The average molecular weight is 622 g/mol. The zero-order chi connectivity index (χ0) is 30.2. The predicted octanol–water partition coefficient (Wildman–Crippen LogP) is 2.69. The van der Waals surface area contributed by atoms with E-state index in [1.807, 2.05) is 0 Å². The van der Waals surface area contributed by atoms with Crippen LogP contribution in [-0.2, 0) is 31.9 Å². The number of pyridine rings is 1. The fourth-order valence-corrected chi connectivity index (χ4v) is 5.69. The third-order valence-electron chi connectivity index (χ3n) is 5.57. The van der Waals surface area contributed by atoms with E-state index in [0.29, 0.717) is 10.8 Å². The van der Waals surface area contributed by atoms with Crippen LogP contribution in [0.1, 0.15) is 38.4 Å². The lowest BCUT2D eigenvalue weighted by Crippen LogP contribution is -2.43. The van der Waals surface area contributed by atoms with Crippen molar-refractivity contribution < 1.29 is 42.9 Å². The normalized spacial score (nSPS) is 11.9. The molecule has 41 heavy (non-hydrogen) atoms. The van der Waals surface area contributed by atoms with Crippen LogP contribution in [0.3, 0.4) is 0 Å². The van der Waals surface area contributed by atoms with E-state index in [4.69, 9.17) is 16.7 Å². The van der Waals surface area contributed by atoms with Gasteiger partial charge in [-0.25, -0.2) is 17.9 Å². The van der Waals surface area contributed by atoms with Crippen molar-refractivity contribution >= 4 is 57.0 Å². The number of ketones is 1. The van der Waals surface area contributed by atoms with Crippen molar-refractivity contribution in [1.29, 1.82) is 0 Å². The van der Waals surface area contributed by atoms with Crippen LogP contribution in [0.25, 0.3) is 0 Å². The van der Waals surface area contributed by atoms with Gasteiger partial charge < -0.3 is 20.6 Å². The minimum absolute atomic E-state index is 0.00755. The Morgan fingerprint density at radius 2 is 1.76 bits per heavy atom. The van der Waals surface area contributed by atoms with Gasteiger partial charge in [0.05, 0.1) is 40.9 Å². The van der Waals surface area contributed by atoms with Crippen LogP contribution in [0.4, 0.5) is 0 Å². The molecule has 3 aromatic rings. The maximum absolute atomic E-state index is 12.7. The lowest BCUT2D eigenvalue weighted by molar-refractivity contribution is -0.139. The topological polar surface area (TPSA) is 200 Å². The summed E-state index contributed by atoms with van der Waals surface area (Å²) >= 11 is 7.34. The number of aromatic nitrogens is 1. The zero-order valence-electron chi connectivity index (χ0n) is 21.1. The molecule has 2 aromatic carbocycles. The van der Waals surface area contributed by atoms with E-state index < -0.39 is 57.4 Å². The van der Waals surface area contributed by atoms with Crippen LogP contribution in [0.2, 0.25) is 5.02 Å². The van der Waals surface area contributed by atoms with Gasteiger partial charge in [-0.3, -0.25) is 19.4 Å². The van der Waals surface area contributed by atoms with Crippen LogP contribution in [0.15, 0.2) is 65.7 Å². The van der Waals surface area contributed by atoms with E-state index in [0.717, 1.165) is 30.0 Å². The molecule has 0 fully saturated rings. The van der Waals surface area contributed by atoms with Crippen LogP contribution < -0.4 is 10.0 Å². The number of nitrogens with zero attached hydrogens (tertiary/aromatic N) is 1. The first-order chi connectivity index (χ1) is 19.4. The monoisotopic (exact) mass is 621 g/mol. The van der Waals surface area contributed by atoms with E-state index >= 15 is 0 Å². The van der Waals surface area contributed by atoms with Gasteiger partial charge >= 0.3 is 11.9 Å². The molecule has 3 rings (SSSR count). The second kappa shape index (κ2) is 14.1. The van der Waals surface area contributed by atoms with Gasteiger partial charge in [-0.2, -0.15) is 0 Å². The predicted molar refractivity (Wildman–Crippen MR) is 149 cm³/mol. The van der Waals surface area contributed by atoms with Crippen LogP contribution in [0, 0.1) is 0 Å². The highest BCUT2D eigenvalue weighted by Crippen LogP contribution is 2.22. The number of carboxylic acid groups (broad SMARTS) is 2. The quantitative estimate of drug-likeness (QED) is 0.177. The van der Waals surface area contributed by atoms with Gasteiger partial charge in [-0.05, 0) is 42.0 Å². The average Bonchev–Trinajstić information content (AvgIpc) is 2.92. The number of carbonyl (C=O) groups excluding carboxylic acids is 2. The Kier molecular flexibility index (Phi) is 10.8. The van der Waals surface area contributed by atoms with Crippen LogP contribution in [0.5, 0.6) is 5.75 Å². The van der Waals surface area contributed by atoms with Crippen LogP contribution >= 0.6 is 23.4 Å². The van der Waals surface area contributed by atoms with Crippen molar-refractivity contribution in [1.82, 2.24) is 15.0 Å². The summed E-state index contributed by atoms with van der Waals surface area (Å²) in [5.74, 6) is -4.24. The zero-order valence-corrected chi connectivity index (χ0v) is 23.5. The highest BCUT2D eigenvalue weighted by Gasteiger charge is 2.24. The smallest absolute Gasteiger partial charge is 0.339 e. The number of halogens is 1. The fourth-order valence-electron chi connectivity index (χ4n) is 3.41. The highest BCUT2D eigenvalue weighted by atomic mass is 35.5. The molecule has 0 saturated carbocycles. The molecule has 0 spiro atoms. The highest BCUT2D eigenvalue weighted by molar-refractivity contribution is 7.99. The summed E-state index contributed by atoms with van der Waals surface area (Å²) in [5, 5.41) is 30.8. The summed E-state index contributed by atoms with van der Waals surface area (Å²) in [6.45, 7) is -0.309. The van der Waals surface area contributed by atoms with Gasteiger partial charge in [-0.1, -0.05) is 29.8 Å². The fraction of sp³-hybridized carbons (Fsp3) is 0.192. The molecule has 216 valence electrons. The molecule has 15 heteroatoms. The summed E-state index contributed by atoms with van der Waals surface area (Å²) in [6.07, 6.45) is 0.516. The maximum atomic E-state index is 12.7. The molecule has 0 saturated heterocycles. The van der Waals surface area contributed by atoms with Crippen molar-refractivity contribution in [3.63, 3.8) is 0 Å². The Balaban J connectivity index is 1.60. The van der Waals surface area contributed by atoms with Gasteiger partial charge in [0, 0.05) is 17.0 Å². The number of carbonyl (C=O) groups is 4. The van der Waals surface area contributed by atoms with E-state index in [2.05, 4.69) is 15.0 Å². The first-order valence-electron chi connectivity index (χ1n) is 11.7. The lowest BCUT2D eigenvalue weighted by atomic mass is 10.1. The van der Waals surface area contributed by atoms with Gasteiger partial charge in [0.1, 0.15) is 11.3 Å². The number of thioether (sulfide) groups is 1. The number of aromatic hydroxyl groups is 1. The Labute approximate surface area is 243 Å². The molecular formula is C26H24ClN3O9S2. The molecule has 0 aliphatic heterocycles. The Morgan fingerprint density at radius 1 is 1.02 bits per heavy atom. The van der Waals surface area contributed by atoms with E-state index in [-0.39, 0.29) is 28.5 Å². The van der Waals surface area contributed by atoms with Crippen molar-refractivity contribution in [2.75, 3.05) is 5.75 Å². The van der Waals surface area contributed by atoms with Gasteiger partial charge in [-0.15, -0.1) is 11.8 Å². The summed E-state index contributed by atoms with van der Waals surface area (Å²) in [4.78, 5) is 51.5. The van der Waals surface area contributed by atoms with Gasteiger partial charge in [0.25, 0.3) is 5.91 Å². The molecule has 1 atom stereocenters. The summed E-state index contributed by atoms with van der Waals surface area (Å²) < 4.78 is 27.3. The molecule has 12 nitrogen and oxygen atoms in total. The molecule has 1 amide bonds. The number of hydrogen-bond donors (Lipinski definition) is 5. The third kappa shape index (κ3) is 9.01. The third-order valence-corrected chi connectivity index (χ3v) is 8.34. The number of phenols is 1. The molecule has 0 radical (unpaired) electrons. The molecule has 0 bridgehead atoms. The first-order valence-corrected chi connectivity index (χ1v) is 14.8. The second-order valence-corrected chi connectivity index (χ2v) is 11.7. The maximum Gasteiger partial charge on any atom is 0.339 e. The summed E-state index contributed by atoms with van der Waals surface area (Å²) in [5.41, 5.74) is 0.442. The summed E-state index contributed by atoms with van der Waals surface area (Å²) in [7, 11) is -4.17. The number of aliphatic carboxylic acids is 1. The lowest BCUT2D eigenvalue weighted by Gasteiger charge is -2.16. The van der Waals surface area contributed by atoms with E-state index in [9.17, 15) is 37.8 Å². The molecule has 1 aromatic heterocycles. The Hall–Kier alpha value is -3.98. The van der Waals surface area contributed by atoms with Crippen molar-refractivity contribution in [2.45, 2.75) is 29.7 Å².